The van der Waals surface area contributed by atoms with Crippen LogP contribution < -0.4 is 11.1 Å². The summed E-state index contributed by atoms with van der Waals surface area (Å²) >= 11 is 0. The Kier molecular flexibility index (Phi) is 2.87. The third-order valence-corrected chi connectivity index (χ3v) is 2.32. The Morgan fingerprint density at radius 1 is 1.67 bits per heavy atom. The Labute approximate surface area is 73.0 Å². The summed E-state index contributed by atoms with van der Waals surface area (Å²) in [7, 11) is 0. The highest BCUT2D eigenvalue weighted by Crippen LogP contribution is 2.27. The average Bonchev–Trinajstić information content (AvgIpc) is 1.98. The second-order valence-corrected chi connectivity index (χ2v) is 3.49. The van der Waals surface area contributed by atoms with Gasteiger partial charge in [0.2, 0.25) is 5.91 Å². The molecule has 1 fully saturated rings. The first-order valence-electron chi connectivity index (χ1n) is 4.33. The van der Waals surface area contributed by atoms with Gasteiger partial charge in [0.15, 0.2) is 0 Å². The molecule has 0 atom stereocenters. The van der Waals surface area contributed by atoms with Gasteiger partial charge in [-0.25, -0.2) is 0 Å². The Bertz CT molecular complexity index is 185. The molecule has 1 aliphatic carbocycles. The predicted octanol–water partition coefficient (Wildman–Crippen LogP) is 0.560. The van der Waals surface area contributed by atoms with E-state index in [1.165, 1.54) is 6.42 Å². The van der Waals surface area contributed by atoms with Gasteiger partial charge in [-0.15, -0.1) is 6.58 Å². The van der Waals surface area contributed by atoms with Crippen molar-refractivity contribution >= 4 is 5.91 Å². The highest BCUT2D eigenvalue weighted by atomic mass is 16.1. The van der Waals surface area contributed by atoms with Crippen LogP contribution in [0.25, 0.3) is 0 Å². The van der Waals surface area contributed by atoms with Crippen LogP contribution >= 0.6 is 0 Å². The van der Waals surface area contributed by atoms with E-state index in [1.54, 1.807) is 6.08 Å². The number of nitrogens with two attached hydrogens (primary N) is 1. The highest BCUT2D eigenvalue weighted by Gasteiger charge is 2.32. The van der Waals surface area contributed by atoms with Gasteiger partial charge in [-0.1, -0.05) is 6.08 Å². The van der Waals surface area contributed by atoms with E-state index < -0.39 is 0 Å². The van der Waals surface area contributed by atoms with Gasteiger partial charge in [0, 0.05) is 18.5 Å². The fourth-order valence-electron chi connectivity index (χ4n) is 1.29. The lowest BCUT2D eigenvalue weighted by Crippen LogP contribution is -2.54. The first kappa shape index (κ1) is 9.26. The molecule has 1 aliphatic rings. The lowest BCUT2D eigenvalue weighted by Gasteiger charge is -2.38. The summed E-state index contributed by atoms with van der Waals surface area (Å²) in [5, 5.41) is 2.79. The normalized spacial score (nSPS) is 19.4. The smallest absolute Gasteiger partial charge is 0.223 e. The van der Waals surface area contributed by atoms with E-state index in [1.807, 2.05) is 0 Å². The minimum absolute atomic E-state index is 0.0155. The number of nitrogens with one attached hydrogen (secondary N) is 1. The Balaban J connectivity index is 2.16. The van der Waals surface area contributed by atoms with Gasteiger partial charge in [0.25, 0.3) is 0 Å². The van der Waals surface area contributed by atoms with Gasteiger partial charge in [0.05, 0.1) is 0 Å². The van der Waals surface area contributed by atoms with Crippen molar-refractivity contribution in [1.29, 1.82) is 0 Å². The summed E-state index contributed by atoms with van der Waals surface area (Å²) in [6, 6.07) is 0. The number of hydrogen-bond donors (Lipinski definition) is 2. The van der Waals surface area contributed by atoms with Gasteiger partial charge < -0.3 is 11.1 Å². The molecule has 1 saturated carbocycles. The molecule has 1 amide bonds. The Morgan fingerprint density at radius 3 is 2.75 bits per heavy atom. The zero-order valence-corrected chi connectivity index (χ0v) is 7.31. The monoisotopic (exact) mass is 168 g/mol. The third kappa shape index (κ3) is 2.34. The maximum Gasteiger partial charge on any atom is 0.223 e. The molecule has 0 aromatic carbocycles. The lowest BCUT2D eigenvalue weighted by molar-refractivity contribution is -0.120. The number of hydrogen-bond acceptors (Lipinski definition) is 2. The molecule has 0 aromatic heterocycles. The van der Waals surface area contributed by atoms with Crippen LogP contribution in [0.3, 0.4) is 0 Å². The number of carbonyl (C=O) groups is 1. The minimum Gasteiger partial charge on any atom is -0.354 e. The average molecular weight is 168 g/mol. The Hall–Kier alpha value is -0.830. The fourth-order valence-corrected chi connectivity index (χ4v) is 1.29. The quantitative estimate of drug-likeness (QED) is 0.603. The topological polar surface area (TPSA) is 55.1 Å². The molecule has 3 nitrogen and oxygen atoms in total. The van der Waals surface area contributed by atoms with E-state index in [4.69, 9.17) is 5.73 Å². The zero-order chi connectivity index (χ0) is 9.03. The molecule has 0 bridgehead atoms. The summed E-state index contributed by atoms with van der Waals surface area (Å²) in [6.45, 7) is 4.10. The van der Waals surface area contributed by atoms with E-state index >= 15 is 0 Å². The Morgan fingerprint density at radius 2 is 2.33 bits per heavy atom. The molecule has 1 rings (SSSR count). The van der Waals surface area contributed by atoms with E-state index in [9.17, 15) is 4.79 Å². The van der Waals surface area contributed by atoms with E-state index in [0.717, 1.165) is 12.8 Å². The molecule has 0 aromatic rings. The molecule has 12 heavy (non-hydrogen) atoms. The van der Waals surface area contributed by atoms with Gasteiger partial charge in [-0.3, -0.25) is 4.79 Å². The number of carbonyl (C=O) groups excluding carboxylic acids is 1. The van der Waals surface area contributed by atoms with Crippen molar-refractivity contribution in [3.05, 3.63) is 12.7 Å². The second kappa shape index (κ2) is 3.72. The summed E-state index contributed by atoms with van der Waals surface area (Å²) in [5.41, 5.74) is 5.79. The van der Waals surface area contributed by atoms with Crippen molar-refractivity contribution in [1.82, 2.24) is 5.32 Å². The van der Waals surface area contributed by atoms with Gasteiger partial charge in [0.1, 0.15) is 0 Å². The largest absolute Gasteiger partial charge is 0.354 e. The van der Waals surface area contributed by atoms with Crippen molar-refractivity contribution in [2.75, 3.05) is 6.54 Å². The summed E-state index contributed by atoms with van der Waals surface area (Å²) in [5.74, 6) is 0.0155. The van der Waals surface area contributed by atoms with Crippen LogP contribution in [0.4, 0.5) is 0 Å². The molecular weight excluding hydrogens is 152 g/mol. The minimum atomic E-state index is -0.114. The van der Waals surface area contributed by atoms with E-state index in [2.05, 4.69) is 11.9 Å². The number of rotatable bonds is 4. The summed E-state index contributed by atoms with van der Waals surface area (Å²) in [6.07, 6.45) is 5.23. The zero-order valence-electron chi connectivity index (χ0n) is 7.31. The molecule has 0 saturated heterocycles. The first-order chi connectivity index (χ1) is 5.66. The summed E-state index contributed by atoms with van der Waals surface area (Å²) < 4.78 is 0. The molecule has 68 valence electrons. The van der Waals surface area contributed by atoms with Crippen LogP contribution in [-0.2, 0) is 4.79 Å². The van der Waals surface area contributed by atoms with E-state index in [0.29, 0.717) is 13.0 Å². The fraction of sp³-hybridized carbons (Fsp3) is 0.667. The van der Waals surface area contributed by atoms with Crippen molar-refractivity contribution in [3.63, 3.8) is 0 Å². The maximum atomic E-state index is 11.0. The van der Waals surface area contributed by atoms with Crippen LogP contribution in [0.2, 0.25) is 0 Å². The highest BCUT2D eigenvalue weighted by molar-refractivity contribution is 5.77. The maximum absolute atomic E-state index is 11.0. The van der Waals surface area contributed by atoms with Crippen LogP contribution in [-0.4, -0.2) is 18.0 Å². The molecule has 0 heterocycles. The first-order valence-corrected chi connectivity index (χ1v) is 4.33. The van der Waals surface area contributed by atoms with Crippen molar-refractivity contribution < 1.29 is 4.79 Å². The van der Waals surface area contributed by atoms with Gasteiger partial charge in [-0.2, -0.15) is 0 Å². The summed E-state index contributed by atoms with van der Waals surface area (Å²) in [4.78, 5) is 11.0. The standard InChI is InChI=1S/C9H16N2O/c1-2-4-8(12)11-7-9(10)5-3-6-9/h2H,1,3-7,10H2,(H,11,12). The van der Waals surface area contributed by atoms with Crippen LogP contribution in [0, 0.1) is 0 Å². The molecule has 0 radical (unpaired) electrons. The van der Waals surface area contributed by atoms with Gasteiger partial charge >= 0.3 is 0 Å². The lowest BCUT2D eigenvalue weighted by atomic mass is 9.78. The molecule has 3 heteroatoms. The second-order valence-electron chi connectivity index (χ2n) is 3.49. The number of amides is 1. The van der Waals surface area contributed by atoms with E-state index in [-0.39, 0.29) is 11.4 Å². The van der Waals surface area contributed by atoms with Crippen molar-refractivity contribution in [2.24, 2.45) is 5.73 Å². The molecule has 3 N–H and O–H groups in total. The molecular formula is C9H16N2O. The predicted molar refractivity (Wildman–Crippen MR) is 48.6 cm³/mol. The molecule has 0 aliphatic heterocycles. The van der Waals surface area contributed by atoms with Gasteiger partial charge in [-0.05, 0) is 19.3 Å². The van der Waals surface area contributed by atoms with Crippen LogP contribution in [0.15, 0.2) is 12.7 Å². The third-order valence-electron chi connectivity index (χ3n) is 2.32. The van der Waals surface area contributed by atoms with Crippen LogP contribution in [0.1, 0.15) is 25.7 Å². The van der Waals surface area contributed by atoms with Crippen LogP contribution in [0.5, 0.6) is 0 Å². The van der Waals surface area contributed by atoms with Crippen molar-refractivity contribution in [3.8, 4) is 0 Å². The van der Waals surface area contributed by atoms with Crippen molar-refractivity contribution in [2.45, 2.75) is 31.2 Å². The SMILES string of the molecule is C=CCC(=O)NCC1(N)CCC1. The molecule has 0 unspecified atom stereocenters. The molecule has 0 spiro atoms.